The third-order valence-electron chi connectivity index (χ3n) is 3.54. The van der Waals surface area contributed by atoms with E-state index in [1.807, 2.05) is 13.0 Å². The largest absolute Gasteiger partial charge is 0.246 e. The summed E-state index contributed by atoms with van der Waals surface area (Å²) in [6.45, 7) is 2.01. The van der Waals surface area contributed by atoms with Gasteiger partial charge in [0.25, 0.3) is 0 Å². The molecule has 19 heavy (non-hydrogen) atoms. The second-order valence-electron chi connectivity index (χ2n) is 5.05. The first-order chi connectivity index (χ1) is 9.20. The zero-order chi connectivity index (χ0) is 13.2. The quantitative estimate of drug-likeness (QED) is 0.798. The van der Waals surface area contributed by atoms with Crippen LogP contribution >= 0.6 is 22.9 Å². The van der Waals surface area contributed by atoms with Crippen molar-refractivity contribution < 1.29 is 0 Å². The first-order valence-electron chi connectivity index (χ1n) is 6.65. The van der Waals surface area contributed by atoms with Gasteiger partial charge in [0.05, 0.1) is 17.1 Å². The van der Waals surface area contributed by atoms with E-state index in [9.17, 15) is 0 Å². The molecule has 2 aromatic rings. The molecular formula is C14H16ClN3S. The number of hydrogen-bond acceptors (Lipinski definition) is 4. The summed E-state index contributed by atoms with van der Waals surface area (Å²) >= 11 is 7.79. The van der Waals surface area contributed by atoms with Crippen LogP contribution in [0.1, 0.15) is 53.8 Å². The van der Waals surface area contributed by atoms with E-state index in [1.54, 1.807) is 11.3 Å². The summed E-state index contributed by atoms with van der Waals surface area (Å²) in [5, 5.41) is 3.70. The maximum atomic E-state index is 6.13. The van der Waals surface area contributed by atoms with Crippen molar-refractivity contribution in [3.63, 3.8) is 0 Å². The minimum atomic E-state index is 0.554. The molecular weight excluding hydrogens is 278 g/mol. The average Bonchev–Trinajstić information content (AvgIpc) is 3.00. The molecule has 1 aliphatic carbocycles. The van der Waals surface area contributed by atoms with Crippen molar-refractivity contribution in [3.8, 4) is 0 Å². The number of nitrogens with zero attached hydrogens (tertiary/aromatic N) is 3. The van der Waals surface area contributed by atoms with Gasteiger partial charge in [-0.15, -0.1) is 11.3 Å². The molecule has 0 saturated heterocycles. The Bertz CT molecular complexity index is 576. The monoisotopic (exact) mass is 293 g/mol. The van der Waals surface area contributed by atoms with E-state index in [0.717, 1.165) is 22.2 Å². The van der Waals surface area contributed by atoms with Gasteiger partial charge in [0.1, 0.15) is 11.0 Å². The molecule has 0 N–H and O–H groups in total. The highest BCUT2D eigenvalue weighted by molar-refractivity contribution is 7.09. The molecule has 0 bridgehead atoms. The lowest BCUT2D eigenvalue weighted by molar-refractivity contribution is 0.685. The number of halogens is 1. The van der Waals surface area contributed by atoms with E-state index >= 15 is 0 Å². The zero-order valence-electron chi connectivity index (χ0n) is 10.9. The van der Waals surface area contributed by atoms with Crippen LogP contribution in [0.25, 0.3) is 0 Å². The Balaban J connectivity index is 1.84. The van der Waals surface area contributed by atoms with Gasteiger partial charge in [-0.05, 0) is 25.8 Å². The van der Waals surface area contributed by atoms with Crippen LogP contribution in [0, 0.1) is 6.92 Å². The summed E-state index contributed by atoms with van der Waals surface area (Å²) in [6, 6.07) is 1.92. The van der Waals surface area contributed by atoms with Crippen LogP contribution in [0.3, 0.4) is 0 Å². The minimum absolute atomic E-state index is 0.554. The normalized spacial score (nSPS) is 16.1. The Morgan fingerprint density at radius 2 is 2.05 bits per heavy atom. The summed E-state index contributed by atoms with van der Waals surface area (Å²) in [6.07, 6.45) is 5.72. The first-order valence-corrected chi connectivity index (χ1v) is 7.91. The Morgan fingerprint density at radius 3 is 2.74 bits per heavy atom. The predicted molar refractivity (Wildman–Crippen MR) is 77.9 cm³/mol. The van der Waals surface area contributed by atoms with Gasteiger partial charge >= 0.3 is 0 Å². The SMILES string of the molecule is Cc1nc(Cc2nc(Cl)cc(C3CCCC3)n2)cs1. The van der Waals surface area contributed by atoms with Gasteiger partial charge in [-0.1, -0.05) is 24.4 Å². The molecule has 0 radical (unpaired) electrons. The van der Waals surface area contributed by atoms with Crippen LogP contribution in [-0.2, 0) is 6.42 Å². The highest BCUT2D eigenvalue weighted by atomic mass is 35.5. The topological polar surface area (TPSA) is 38.7 Å². The standard InChI is InChI=1S/C14H16ClN3S/c1-9-16-11(8-19-9)6-14-17-12(7-13(15)18-14)10-4-2-3-5-10/h7-8,10H,2-6H2,1H3. The third-order valence-corrected chi connectivity index (χ3v) is 4.56. The molecule has 2 aromatic heterocycles. The van der Waals surface area contributed by atoms with Crippen LogP contribution < -0.4 is 0 Å². The summed E-state index contributed by atoms with van der Waals surface area (Å²) < 4.78 is 0. The summed E-state index contributed by atoms with van der Waals surface area (Å²) in [7, 11) is 0. The molecule has 1 aliphatic rings. The summed E-state index contributed by atoms with van der Waals surface area (Å²) in [4.78, 5) is 13.5. The van der Waals surface area contributed by atoms with Crippen molar-refractivity contribution in [1.82, 2.24) is 15.0 Å². The maximum absolute atomic E-state index is 6.13. The lowest BCUT2D eigenvalue weighted by Crippen LogP contribution is -2.04. The van der Waals surface area contributed by atoms with Crippen molar-refractivity contribution >= 4 is 22.9 Å². The second kappa shape index (κ2) is 5.55. The molecule has 5 heteroatoms. The highest BCUT2D eigenvalue weighted by Gasteiger charge is 2.19. The fourth-order valence-electron chi connectivity index (χ4n) is 2.65. The lowest BCUT2D eigenvalue weighted by atomic mass is 10.0. The molecule has 0 aromatic carbocycles. The van der Waals surface area contributed by atoms with E-state index in [4.69, 9.17) is 11.6 Å². The van der Waals surface area contributed by atoms with Gasteiger partial charge in [-0.3, -0.25) is 0 Å². The number of thiazole rings is 1. The molecule has 0 unspecified atom stereocenters. The highest BCUT2D eigenvalue weighted by Crippen LogP contribution is 2.33. The van der Waals surface area contributed by atoms with Gasteiger partial charge in [-0.2, -0.15) is 0 Å². The van der Waals surface area contributed by atoms with Crippen molar-refractivity contribution in [3.05, 3.63) is 38.8 Å². The molecule has 1 fully saturated rings. The molecule has 0 spiro atoms. The molecule has 3 rings (SSSR count). The lowest BCUT2D eigenvalue weighted by Gasteiger charge is -2.10. The zero-order valence-corrected chi connectivity index (χ0v) is 12.5. The average molecular weight is 294 g/mol. The molecule has 2 heterocycles. The molecule has 0 amide bonds. The summed E-state index contributed by atoms with van der Waals surface area (Å²) in [5.74, 6) is 1.36. The van der Waals surface area contributed by atoms with E-state index in [0.29, 0.717) is 17.5 Å². The number of rotatable bonds is 3. The molecule has 3 nitrogen and oxygen atoms in total. The number of hydrogen-bond donors (Lipinski definition) is 0. The van der Waals surface area contributed by atoms with Crippen LogP contribution in [-0.4, -0.2) is 15.0 Å². The Kier molecular flexibility index (Phi) is 3.80. The van der Waals surface area contributed by atoms with Crippen LogP contribution in [0.2, 0.25) is 5.15 Å². The van der Waals surface area contributed by atoms with Crippen molar-refractivity contribution in [1.29, 1.82) is 0 Å². The van der Waals surface area contributed by atoms with Crippen LogP contribution in [0.4, 0.5) is 0 Å². The Hall–Kier alpha value is -1.00. The van der Waals surface area contributed by atoms with Gasteiger partial charge in [0, 0.05) is 17.0 Å². The van der Waals surface area contributed by atoms with E-state index in [-0.39, 0.29) is 0 Å². The first kappa shape index (κ1) is 13.0. The van der Waals surface area contributed by atoms with E-state index in [1.165, 1.54) is 25.7 Å². The predicted octanol–water partition coefficient (Wildman–Crippen LogP) is 4.14. The van der Waals surface area contributed by atoms with Gasteiger partial charge < -0.3 is 0 Å². The number of aryl methyl sites for hydroxylation is 1. The molecule has 1 saturated carbocycles. The number of aromatic nitrogens is 3. The fourth-order valence-corrected chi connectivity index (χ4v) is 3.47. The Morgan fingerprint density at radius 1 is 1.26 bits per heavy atom. The van der Waals surface area contributed by atoms with Gasteiger partial charge in [0.2, 0.25) is 0 Å². The maximum Gasteiger partial charge on any atom is 0.136 e. The van der Waals surface area contributed by atoms with Crippen molar-refractivity contribution in [2.75, 3.05) is 0 Å². The van der Waals surface area contributed by atoms with E-state index in [2.05, 4.69) is 20.3 Å². The molecule has 0 aliphatic heterocycles. The second-order valence-corrected chi connectivity index (χ2v) is 6.50. The smallest absolute Gasteiger partial charge is 0.136 e. The minimum Gasteiger partial charge on any atom is -0.246 e. The van der Waals surface area contributed by atoms with Crippen molar-refractivity contribution in [2.45, 2.75) is 44.9 Å². The summed E-state index contributed by atoms with van der Waals surface area (Å²) in [5.41, 5.74) is 2.14. The van der Waals surface area contributed by atoms with Gasteiger partial charge in [-0.25, -0.2) is 15.0 Å². The van der Waals surface area contributed by atoms with E-state index < -0.39 is 0 Å². The van der Waals surface area contributed by atoms with Crippen LogP contribution in [0.15, 0.2) is 11.4 Å². The molecule has 0 atom stereocenters. The van der Waals surface area contributed by atoms with Crippen molar-refractivity contribution in [2.24, 2.45) is 0 Å². The Labute approximate surface area is 122 Å². The fraction of sp³-hybridized carbons (Fsp3) is 0.500. The molecule has 100 valence electrons. The van der Waals surface area contributed by atoms with Crippen LogP contribution in [0.5, 0.6) is 0 Å². The van der Waals surface area contributed by atoms with Gasteiger partial charge in [0.15, 0.2) is 0 Å². The third kappa shape index (κ3) is 3.12.